The first kappa shape index (κ1) is 34.9. The van der Waals surface area contributed by atoms with Crippen LogP contribution in [-0.4, -0.2) is 82.0 Å². The lowest BCUT2D eigenvalue weighted by atomic mass is 9.96. The third-order valence-electron chi connectivity index (χ3n) is 8.03. The molecule has 12 heteroatoms. The van der Waals surface area contributed by atoms with Crippen LogP contribution in [0.5, 0.6) is 23.0 Å². The fourth-order valence-electron chi connectivity index (χ4n) is 5.40. The molecule has 4 aromatic rings. The predicted molar refractivity (Wildman–Crippen MR) is 178 cm³/mol. The van der Waals surface area contributed by atoms with Gasteiger partial charge in [0, 0.05) is 42.7 Å². The molecule has 0 spiro atoms. The smallest absolute Gasteiger partial charge is 0.161 e. The van der Waals surface area contributed by atoms with Crippen molar-refractivity contribution in [2.45, 2.75) is 45.0 Å². The van der Waals surface area contributed by atoms with E-state index in [9.17, 15) is 20.6 Å². The summed E-state index contributed by atoms with van der Waals surface area (Å²) in [5, 5.41) is 49.0. The summed E-state index contributed by atoms with van der Waals surface area (Å²) in [4.78, 5) is 5.83. The molecule has 0 radical (unpaired) electrons. The molecule has 1 aliphatic rings. The summed E-state index contributed by atoms with van der Waals surface area (Å²) < 4.78 is 23.9. The summed E-state index contributed by atoms with van der Waals surface area (Å²) in [7, 11) is 1.72. The molecule has 2 heterocycles. The van der Waals surface area contributed by atoms with Gasteiger partial charge in [-0.05, 0) is 60.5 Å². The number of aliphatic hydroxyl groups excluding tert-OH is 4. The van der Waals surface area contributed by atoms with Crippen LogP contribution in [-0.2, 0) is 19.8 Å². The molecule has 48 heavy (non-hydrogen) atoms. The van der Waals surface area contributed by atoms with Gasteiger partial charge in [-0.25, -0.2) is 0 Å². The number of likely N-dealkylation sites (N-methyl/N-ethyl adjacent to an activating group) is 1. The second-order valence-corrected chi connectivity index (χ2v) is 12.0. The van der Waals surface area contributed by atoms with Crippen LogP contribution in [0.1, 0.15) is 27.8 Å². The van der Waals surface area contributed by atoms with Gasteiger partial charge in [0.2, 0.25) is 0 Å². The van der Waals surface area contributed by atoms with E-state index in [0.29, 0.717) is 52.2 Å². The van der Waals surface area contributed by atoms with E-state index < -0.39 is 24.9 Å². The molecule has 252 valence electrons. The minimum absolute atomic E-state index is 0.0132. The Morgan fingerprint density at radius 2 is 1.71 bits per heavy atom. The quantitative estimate of drug-likeness (QED) is 0.153. The summed E-state index contributed by atoms with van der Waals surface area (Å²) in [6.45, 7) is 2.97. The minimum atomic E-state index is -1.52. The van der Waals surface area contributed by atoms with Crippen molar-refractivity contribution >= 4 is 11.6 Å². The summed E-state index contributed by atoms with van der Waals surface area (Å²) in [6, 6.07) is 19.1. The first-order chi connectivity index (χ1) is 23.2. The van der Waals surface area contributed by atoms with E-state index in [2.05, 4.69) is 11.1 Å². The molecule has 0 aliphatic carbocycles. The fourth-order valence-corrected chi connectivity index (χ4v) is 5.64. The second kappa shape index (κ2) is 16.1. The van der Waals surface area contributed by atoms with E-state index >= 15 is 0 Å². The molecule has 3 atom stereocenters. The van der Waals surface area contributed by atoms with Crippen molar-refractivity contribution in [2.75, 3.05) is 33.4 Å². The molecule has 1 aliphatic heterocycles. The number of rotatable bonds is 14. The molecular formula is C36H38ClN3O8. The monoisotopic (exact) mass is 675 g/mol. The Morgan fingerprint density at radius 3 is 2.48 bits per heavy atom. The first-order valence-electron chi connectivity index (χ1n) is 15.4. The number of pyridine rings is 1. The Bertz CT molecular complexity index is 1760. The standard InChI is InChI=1S/C36H38ClN3O8/c1-22-26(4-3-5-28(22)25-6-7-32-35(12-25)46-9-8-45-32)21-48-34-13-33(47-20-24-10-23(14-38)15-39-16-24)27(11-29(34)37)17-40(2)18-30(42)36(44)31(43)19-41/h3-7,10-13,15-16,30-31,36,41-44H,8-9,17-21H2,1-2H3/t30-,31-,36+/m0/s1. The molecule has 0 saturated carbocycles. The zero-order valence-electron chi connectivity index (χ0n) is 26.7. The summed E-state index contributed by atoms with van der Waals surface area (Å²) in [5.74, 6) is 2.30. The number of benzene rings is 3. The maximum Gasteiger partial charge on any atom is 0.161 e. The van der Waals surface area contributed by atoms with Gasteiger partial charge in [0.1, 0.15) is 56.2 Å². The van der Waals surface area contributed by atoms with Gasteiger partial charge in [0.05, 0.1) is 23.3 Å². The van der Waals surface area contributed by atoms with Gasteiger partial charge < -0.3 is 39.4 Å². The number of aliphatic hydroxyl groups is 4. The highest BCUT2D eigenvalue weighted by atomic mass is 35.5. The van der Waals surface area contributed by atoms with Crippen molar-refractivity contribution in [3.8, 4) is 40.2 Å². The molecule has 0 fully saturated rings. The van der Waals surface area contributed by atoms with Crippen molar-refractivity contribution < 1.29 is 39.4 Å². The van der Waals surface area contributed by atoms with E-state index in [1.54, 1.807) is 36.3 Å². The summed E-state index contributed by atoms with van der Waals surface area (Å²) >= 11 is 6.74. The summed E-state index contributed by atoms with van der Waals surface area (Å²) in [5.41, 5.74) is 5.79. The van der Waals surface area contributed by atoms with Crippen LogP contribution in [0.25, 0.3) is 11.1 Å². The lowest BCUT2D eigenvalue weighted by Crippen LogP contribution is -2.44. The lowest BCUT2D eigenvalue weighted by Gasteiger charge is -2.27. The van der Waals surface area contributed by atoms with Crippen LogP contribution in [0.3, 0.4) is 0 Å². The van der Waals surface area contributed by atoms with E-state index in [1.807, 2.05) is 43.3 Å². The number of fused-ring (bicyclic) bond motifs is 1. The van der Waals surface area contributed by atoms with Crippen LogP contribution >= 0.6 is 11.6 Å². The number of hydrogen-bond acceptors (Lipinski definition) is 11. The molecule has 0 amide bonds. The number of hydrogen-bond donors (Lipinski definition) is 4. The van der Waals surface area contributed by atoms with Gasteiger partial charge in [0.25, 0.3) is 0 Å². The molecule has 5 rings (SSSR count). The summed E-state index contributed by atoms with van der Waals surface area (Å²) in [6.07, 6.45) is -1.23. The zero-order valence-corrected chi connectivity index (χ0v) is 27.4. The molecule has 1 aromatic heterocycles. The molecule has 0 unspecified atom stereocenters. The SMILES string of the molecule is Cc1c(COc2cc(OCc3cncc(C#N)c3)c(CN(C)C[C@H](O)[C@@H](O)[C@@H](O)CO)cc2Cl)cccc1-c1ccc2c(c1)OCCO2. The minimum Gasteiger partial charge on any atom is -0.488 e. The molecule has 0 bridgehead atoms. The van der Waals surface area contributed by atoms with Crippen molar-refractivity contribution in [2.24, 2.45) is 0 Å². The van der Waals surface area contributed by atoms with Gasteiger partial charge in [-0.15, -0.1) is 0 Å². The number of nitriles is 1. The predicted octanol–water partition coefficient (Wildman–Crippen LogP) is 4.02. The van der Waals surface area contributed by atoms with E-state index in [-0.39, 0.29) is 26.3 Å². The topological polar surface area (TPSA) is 158 Å². The number of aromatic nitrogens is 1. The normalized spacial score (nSPS) is 14.2. The maximum atomic E-state index is 10.4. The molecule has 11 nitrogen and oxygen atoms in total. The van der Waals surface area contributed by atoms with Crippen molar-refractivity contribution in [1.82, 2.24) is 9.88 Å². The number of ether oxygens (including phenoxy) is 4. The van der Waals surface area contributed by atoms with Gasteiger partial charge in [-0.2, -0.15) is 5.26 Å². The lowest BCUT2D eigenvalue weighted by molar-refractivity contribution is -0.0830. The highest BCUT2D eigenvalue weighted by Crippen LogP contribution is 2.38. The Hall–Kier alpha value is -4.41. The molecular weight excluding hydrogens is 638 g/mol. The van der Waals surface area contributed by atoms with Crippen molar-refractivity contribution in [1.29, 1.82) is 5.26 Å². The third kappa shape index (κ3) is 8.54. The van der Waals surface area contributed by atoms with Crippen LogP contribution in [0.15, 0.2) is 67.0 Å². The third-order valence-corrected chi connectivity index (χ3v) is 8.33. The first-order valence-corrected chi connectivity index (χ1v) is 15.8. The number of nitrogens with zero attached hydrogens (tertiary/aromatic N) is 3. The fraction of sp³-hybridized carbons (Fsp3) is 0.333. The Morgan fingerprint density at radius 1 is 0.938 bits per heavy atom. The van der Waals surface area contributed by atoms with Crippen LogP contribution < -0.4 is 18.9 Å². The Balaban J connectivity index is 1.36. The zero-order chi connectivity index (χ0) is 34.2. The molecule has 0 saturated heterocycles. The Kier molecular flexibility index (Phi) is 11.7. The van der Waals surface area contributed by atoms with E-state index in [4.69, 9.17) is 35.7 Å². The van der Waals surface area contributed by atoms with Crippen LogP contribution in [0.4, 0.5) is 0 Å². The largest absolute Gasteiger partial charge is 0.488 e. The highest BCUT2D eigenvalue weighted by molar-refractivity contribution is 6.32. The van der Waals surface area contributed by atoms with Crippen LogP contribution in [0, 0.1) is 18.3 Å². The van der Waals surface area contributed by atoms with Crippen molar-refractivity contribution in [3.63, 3.8) is 0 Å². The second-order valence-electron chi connectivity index (χ2n) is 11.6. The van der Waals surface area contributed by atoms with Crippen LogP contribution in [0.2, 0.25) is 5.02 Å². The molecule has 4 N–H and O–H groups in total. The highest BCUT2D eigenvalue weighted by Gasteiger charge is 2.26. The number of halogens is 1. The Labute approximate surface area is 284 Å². The molecule has 3 aromatic carbocycles. The van der Waals surface area contributed by atoms with Gasteiger partial charge >= 0.3 is 0 Å². The average Bonchev–Trinajstić information content (AvgIpc) is 3.10. The van der Waals surface area contributed by atoms with Gasteiger partial charge in [-0.1, -0.05) is 35.9 Å². The van der Waals surface area contributed by atoms with Gasteiger partial charge in [-0.3, -0.25) is 9.88 Å². The average molecular weight is 676 g/mol. The van der Waals surface area contributed by atoms with E-state index in [0.717, 1.165) is 28.0 Å². The maximum absolute atomic E-state index is 10.4. The van der Waals surface area contributed by atoms with E-state index in [1.165, 1.54) is 6.20 Å². The van der Waals surface area contributed by atoms with Crippen molar-refractivity contribution in [3.05, 3.63) is 99.8 Å². The van der Waals surface area contributed by atoms with Gasteiger partial charge in [0.15, 0.2) is 11.5 Å².